The Hall–Kier alpha value is -6.18. The molecule has 47 heavy (non-hydrogen) atoms. The van der Waals surface area contributed by atoms with E-state index in [0.29, 0.717) is 0 Å². The third-order valence-electron chi connectivity index (χ3n) is 9.84. The zero-order chi connectivity index (χ0) is 30.9. The second kappa shape index (κ2) is 10.2. The fraction of sp³-hybridized carbons (Fsp3) is 0. The van der Waals surface area contributed by atoms with E-state index in [9.17, 15) is 0 Å². The minimum atomic E-state index is 0.920. The van der Waals surface area contributed by atoms with E-state index < -0.39 is 0 Å². The van der Waals surface area contributed by atoms with Crippen molar-refractivity contribution in [2.24, 2.45) is 0 Å². The standard InChI is InChI=1S/C46H28O/c1-2-13-29(14-3-1)44-35-19-8-10-21-37(35)45(38-22-11-9-20-36(38)44)39-26-25-34(32-17-6-7-18-33(32)39)40-23-12-24-41-42-27-30-15-4-5-16-31(30)28-43(42)47-46(40)41/h1-28H. The minimum absolute atomic E-state index is 0.920. The number of rotatable bonds is 3. The second-order valence-electron chi connectivity index (χ2n) is 12.4. The first kappa shape index (κ1) is 26.1. The van der Waals surface area contributed by atoms with Crippen LogP contribution in [0.1, 0.15) is 0 Å². The van der Waals surface area contributed by atoms with Crippen LogP contribution in [0.25, 0.3) is 98.4 Å². The maximum absolute atomic E-state index is 6.68. The normalized spacial score (nSPS) is 11.8. The van der Waals surface area contributed by atoms with Crippen molar-refractivity contribution in [2.45, 2.75) is 0 Å². The molecule has 0 radical (unpaired) electrons. The van der Waals surface area contributed by atoms with Gasteiger partial charge in [0.25, 0.3) is 0 Å². The SMILES string of the molecule is c1ccc(-c2c3ccccc3c(-c3ccc(-c4cccc5c4oc4cc6ccccc6cc45)c4ccccc34)c3ccccc23)cc1. The van der Waals surface area contributed by atoms with E-state index in [1.165, 1.54) is 70.9 Å². The number of benzene rings is 9. The van der Waals surface area contributed by atoms with Crippen LogP contribution in [-0.2, 0) is 0 Å². The van der Waals surface area contributed by atoms with Gasteiger partial charge in [-0.3, -0.25) is 0 Å². The number of hydrogen-bond donors (Lipinski definition) is 0. The molecule has 10 rings (SSSR count). The van der Waals surface area contributed by atoms with E-state index in [0.717, 1.165) is 27.5 Å². The Balaban J connectivity index is 1.26. The largest absolute Gasteiger partial charge is 0.455 e. The van der Waals surface area contributed by atoms with Gasteiger partial charge in [-0.25, -0.2) is 0 Å². The zero-order valence-corrected chi connectivity index (χ0v) is 25.6. The Morgan fingerprint density at radius 2 is 0.809 bits per heavy atom. The molecule has 1 aromatic heterocycles. The molecule has 0 fully saturated rings. The lowest BCUT2D eigenvalue weighted by molar-refractivity contribution is 0.670. The molecular weight excluding hydrogens is 569 g/mol. The molecule has 1 heterocycles. The van der Waals surface area contributed by atoms with E-state index in [1.54, 1.807) is 0 Å². The van der Waals surface area contributed by atoms with Gasteiger partial charge in [0.05, 0.1) is 0 Å². The van der Waals surface area contributed by atoms with Gasteiger partial charge in [0, 0.05) is 16.3 Å². The lowest BCUT2D eigenvalue weighted by Gasteiger charge is -2.19. The summed E-state index contributed by atoms with van der Waals surface area (Å²) in [6, 6.07) is 61.5. The third kappa shape index (κ3) is 3.90. The van der Waals surface area contributed by atoms with Crippen LogP contribution in [0.4, 0.5) is 0 Å². The molecule has 0 aliphatic heterocycles. The highest BCUT2D eigenvalue weighted by Crippen LogP contribution is 2.47. The van der Waals surface area contributed by atoms with Gasteiger partial charge in [0.15, 0.2) is 0 Å². The topological polar surface area (TPSA) is 13.1 Å². The molecule has 1 nitrogen and oxygen atoms in total. The van der Waals surface area contributed by atoms with Crippen LogP contribution in [0, 0.1) is 0 Å². The maximum atomic E-state index is 6.68. The number of para-hydroxylation sites is 1. The average molecular weight is 597 g/mol. The first-order valence-corrected chi connectivity index (χ1v) is 16.2. The van der Waals surface area contributed by atoms with Crippen LogP contribution < -0.4 is 0 Å². The first-order valence-electron chi connectivity index (χ1n) is 16.2. The van der Waals surface area contributed by atoms with Gasteiger partial charge in [-0.15, -0.1) is 0 Å². The predicted octanol–water partition coefficient (Wildman–Crippen LogP) is 13.2. The van der Waals surface area contributed by atoms with Gasteiger partial charge in [-0.05, 0) is 83.0 Å². The fourth-order valence-electron chi connectivity index (χ4n) is 7.78. The van der Waals surface area contributed by atoms with Crippen LogP contribution in [-0.4, -0.2) is 0 Å². The van der Waals surface area contributed by atoms with Crippen molar-refractivity contribution >= 4 is 65.0 Å². The molecule has 0 N–H and O–H groups in total. The molecule has 1 heteroatoms. The maximum Gasteiger partial charge on any atom is 0.143 e. The van der Waals surface area contributed by atoms with Gasteiger partial charge in [0.1, 0.15) is 11.2 Å². The Bertz CT molecular complexity index is 2780. The van der Waals surface area contributed by atoms with Gasteiger partial charge in [0.2, 0.25) is 0 Å². The summed E-state index contributed by atoms with van der Waals surface area (Å²) in [4.78, 5) is 0. The quantitative estimate of drug-likeness (QED) is 0.185. The molecule has 0 saturated heterocycles. The molecule has 0 saturated carbocycles. The monoisotopic (exact) mass is 596 g/mol. The van der Waals surface area contributed by atoms with Gasteiger partial charge >= 0.3 is 0 Å². The van der Waals surface area contributed by atoms with E-state index in [-0.39, 0.29) is 0 Å². The van der Waals surface area contributed by atoms with Crippen molar-refractivity contribution in [3.63, 3.8) is 0 Å². The van der Waals surface area contributed by atoms with Gasteiger partial charge in [-0.1, -0.05) is 158 Å². The summed E-state index contributed by atoms with van der Waals surface area (Å²) in [7, 11) is 0. The molecular formula is C46H28O. The van der Waals surface area contributed by atoms with Gasteiger partial charge < -0.3 is 4.42 Å². The summed E-state index contributed by atoms with van der Waals surface area (Å²) in [5, 5.41) is 12.2. The lowest BCUT2D eigenvalue weighted by Crippen LogP contribution is -1.92. The highest BCUT2D eigenvalue weighted by molar-refractivity contribution is 6.24. The Morgan fingerprint density at radius 3 is 1.49 bits per heavy atom. The van der Waals surface area contributed by atoms with Crippen molar-refractivity contribution in [2.75, 3.05) is 0 Å². The van der Waals surface area contributed by atoms with Gasteiger partial charge in [-0.2, -0.15) is 0 Å². The van der Waals surface area contributed by atoms with Crippen molar-refractivity contribution < 1.29 is 4.42 Å². The minimum Gasteiger partial charge on any atom is -0.455 e. The summed E-state index contributed by atoms with van der Waals surface area (Å²) in [6.07, 6.45) is 0. The van der Waals surface area contributed by atoms with Crippen LogP contribution in [0.15, 0.2) is 174 Å². The van der Waals surface area contributed by atoms with Crippen LogP contribution in [0.2, 0.25) is 0 Å². The molecule has 0 aliphatic carbocycles. The summed E-state index contributed by atoms with van der Waals surface area (Å²) < 4.78 is 6.68. The molecule has 0 aliphatic rings. The smallest absolute Gasteiger partial charge is 0.143 e. The molecule has 0 atom stereocenters. The molecule has 218 valence electrons. The Kier molecular flexibility index (Phi) is 5.64. The van der Waals surface area contributed by atoms with E-state index >= 15 is 0 Å². The molecule has 10 aromatic rings. The molecule has 0 spiro atoms. The number of fused-ring (bicyclic) bond motifs is 7. The van der Waals surface area contributed by atoms with Crippen molar-refractivity contribution in [3.8, 4) is 33.4 Å². The average Bonchev–Trinajstić information content (AvgIpc) is 3.50. The Morgan fingerprint density at radius 1 is 0.298 bits per heavy atom. The summed E-state index contributed by atoms with van der Waals surface area (Å²) in [6.45, 7) is 0. The highest BCUT2D eigenvalue weighted by Gasteiger charge is 2.20. The Labute approximate surface area is 271 Å². The van der Waals surface area contributed by atoms with Crippen molar-refractivity contribution in [1.29, 1.82) is 0 Å². The van der Waals surface area contributed by atoms with E-state index in [2.05, 4.69) is 170 Å². The highest BCUT2D eigenvalue weighted by atomic mass is 16.3. The predicted molar refractivity (Wildman–Crippen MR) is 200 cm³/mol. The van der Waals surface area contributed by atoms with E-state index in [4.69, 9.17) is 4.42 Å². The van der Waals surface area contributed by atoms with Crippen LogP contribution >= 0.6 is 0 Å². The van der Waals surface area contributed by atoms with E-state index in [1.807, 2.05) is 0 Å². The second-order valence-corrected chi connectivity index (χ2v) is 12.4. The third-order valence-corrected chi connectivity index (χ3v) is 9.84. The molecule has 9 aromatic carbocycles. The number of hydrogen-bond acceptors (Lipinski definition) is 1. The summed E-state index contributed by atoms with van der Waals surface area (Å²) in [5.41, 5.74) is 9.16. The lowest BCUT2D eigenvalue weighted by atomic mass is 9.84. The molecule has 0 amide bonds. The van der Waals surface area contributed by atoms with Crippen LogP contribution in [0.5, 0.6) is 0 Å². The molecule has 0 unspecified atom stereocenters. The number of furan rings is 1. The first-order chi connectivity index (χ1) is 23.3. The summed E-state index contributed by atoms with van der Waals surface area (Å²) >= 11 is 0. The van der Waals surface area contributed by atoms with Crippen LogP contribution in [0.3, 0.4) is 0 Å². The summed E-state index contributed by atoms with van der Waals surface area (Å²) in [5.74, 6) is 0. The zero-order valence-electron chi connectivity index (χ0n) is 25.6. The molecule has 0 bridgehead atoms. The van der Waals surface area contributed by atoms with Crippen molar-refractivity contribution in [3.05, 3.63) is 170 Å². The fourth-order valence-corrected chi connectivity index (χ4v) is 7.78. The van der Waals surface area contributed by atoms with Crippen molar-refractivity contribution in [1.82, 2.24) is 0 Å².